The van der Waals surface area contributed by atoms with Gasteiger partial charge >= 0.3 is 0 Å². The molecule has 4 rings (SSSR count). The molecule has 7 heteroatoms. The second kappa shape index (κ2) is 10.0. The van der Waals surface area contributed by atoms with Gasteiger partial charge in [-0.1, -0.05) is 36.4 Å². The predicted octanol–water partition coefficient (Wildman–Crippen LogP) is 4.03. The molecule has 0 aliphatic carbocycles. The van der Waals surface area contributed by atoms with Crippen LogP contribution >= 0.6 is 0 Å². The lowest BCUT2D eigenvalue weighted by molar-refractivity contribution is -0.133. The number of benzene rings is 3. The van der Waals surface area contributed by atoms with Crippen molar-refractivity contribution in [3.8, 4) is 11.8 Å². The molecule has 1 aliphatic heterocycles. The summed E-state index contributed by atoms with van der Waals surface area (Å²) in [6.07, 6.45) is 0.944. The molecule has 0 aromatic heterocycles. The second-order valence-corrected chi connectivity index (χ2v) is 9.38. The van der Waals surface area contributed by atoms with Crippen LogP contribution in [0.25, 0.3) is 10.8 Å². The lowest BCUT2D eigenvalue weighted by Crippen LogP contribution is -2.54. The number of hydrogen-bond acceptors (Lipinski definition) is 5. The first-order valence-corrected chi connectivity index (χ1v) is 11.7. The zero-order valence-corrected chi connectivity index (χ0v) is 20.6. The van der Waals surface area contributed by atoms with E-state index < -0.39 is 5.54 Å². The van der Waals surface area contributed by atoms with Crippen molar-refractivity contribution in [1.29, 1.82) is 5.26 Å². The maximum absolute atomic E-state index is 13.9. The quantitative estimate of drug-likeness (QED) is 0.560. The zero-order valence-electron chi connectivity index (χ0n) is 20.6. The van der Waals surface area contributed by atoms with E-state index in [9.17, 15) is 14.4 Å². The number of rotatable bonds is 7. The van der Waals surface area contributed by atoms with Gasteiger partial charge in [0.1, 0.15) is 23.2 Å². The Morgan fingerprint density at radius 3 is 2.60 bits per heavy atom. The molecule has 6 nitrogen and oxygen atoms in total. The molecule has 3 aromatic carbocycles. The van der Waals surface area contributed by atoms with Crippen molar-refractivity contribution in [1.82, 2.24) is 15.1 Å². The van der Waals surface area contributed by atoms with E-state index in [0.717, 1.165) is 41.4 Å². The molecule has 2 unspecified atom stereocenters. The molecule has 1 saturated heterocycles. The highest BCUT2D eigenvalue weighted by Gasteiger charge is 2.44. The van der Waals surface area contributed by atoms with E-state index in [0.29, 0.717) is 17.4 Å². The summed E-state index contributed by atoms with van der Waals surface area (Å²) in [7, 11) is 5.62. The van der Waals surface area contributed by atoms with Gasteiger partial charge in [0.2, 0.25) is 5.91 Å². The number of hydrogen-bond donors (Lipinski definition) is 1. The van der Waals surface area contributed by atoms with E-state index in [1.165, 1.54) is 19.2 Å². The van der Waals surface area contributed by atoms with Crippen molar-refractivity contribution in [3.05, 3.63) is 77.1 Å². The Labute approximate surface area is 205 Å². The number of likely N-dealkylation sites (tertiary alicyclic amines) is 1. The first-order valence-electron chi connectivity index (χ1n) is 11.7. The molecule has 1 N–H and O–H groups in total. The Morgan fingerprint density at radius 1 is 1.26 bits per heavy atom. The fraction of sp³-hybridized carbons (Fsp3) is 0.357. The molecule has 35 heavy (non-hydrogen) atoms. The third-order valence-electron chi connectivity index (χ3n) is 7.23. The SMILES string of the molecule is COc1c(C#N)cc2ccccc2c1CNC(=O)C(C)(c1ccc(F)cc1)N1CCC(N(C)C)C1. The van der Waals surface area contributed by atoms with E-state index in [-0.39, 0.29) is 18.3 Å². The molecule has 0 saturated carbocycles. The minimum atomic E-state index is -0.992. The van der Waals surface area contributed by atoms with Crippen molar-refractivity contribution >= 4 is 16.7 Å². The molecule has 0 spiro atoms. The molecule has 1 fully saturated rings. The van der Waals surface area contributed by atoms with Crippen LogP contribution in [0.15, 0.2) is 54.6 Å². The predicted molar refractivity (Wildman–Crippen MR) is 134 cm³/mol. The number of nitrogens with one attached hydrogen (secondary N) is 1. The number of methoxy groups -OCH3 is 1. The first-order chi connectivity index (χ1) is 16.8. The molecule has 3 aromatic rings. The molecular weight excluding hydrogens is 443 g/mol. The standard InChI is InChI=1S/C28H31FN4O2/c1-28(21-9-11-22(29)12-10-21,33-14-13-23(18-33)32(2)3)27(34)31-17-25-24-8-6-5-7-19(24)15-20(16-30)26(25)35-4/h5-12,15,23H,13-14,17-18H2,1-4H3,(H,31,34). The summed E-state index contributed by atoms with van der Waals surface area (Å²) >= 11 is 0. The van der Waals surface area contributed by atoms with Gasteiger partial charge in [-0.25, -0.2) is 4.39 Å². The Hall–Kier alpha value is -3.47. The van der Waals surface area contributed by atoms with Gasteiger partial charge in [0.15, 0.2) is 0 Å². The highest BCUT2D eigenvalue weighted by atomic mass is 19.1. The van der Waals surface area contributed by atoms with E-state index in [2.05, 4.69) is 21.2 Å². The van der Waals surface area contributed by atoms with Crippen LogP contribution in [0, 0.1) is 17.1 Å². The van der Waals surface area contributed by atoms with Gasteiger partial charge in [0.05, 0.1) is 12.7 Å². The maximum Gasteiger partial charge on any atom is 0.245 e. The van der Waals surface area contributed by atoms with Gasteiger partial charge in [-0.3, -0.25) is 9.69 Å². The summed E-state index contributed by atoms with van der Waals surface area (Å²) in [6.45, 7) is 3.57. The van der Waals surface area contributed by atoms with Crippen LogP contribution in [0.3, 0.4) is 0 Å². The number of amides is 1. The number of halogens is 1. The average Bonchev–Trinajstić information content (AvgIpc) is 3.37. The lowest BCUT2D eigenvalue weighted by Gasteiger charge is -2.38. The van der Waals surface area contributed by atoms with Crippen molar-refractivity contribution < 1.29 is 13.9 Å². The Kier molecular flexibility index (Phi) is 7.06. The summed E-state index contributed by atoms with van der Waals surface area (Å²) in [4.78, 5) is 18.3. The van der Waals surface area contributed by atoms with Crippen molar-refractivity contribution in [2.75, 3.05) is 34.3 Å². The fourth-order valence-electron chi connectivity index (χ4n) is 5.04. The zero-order chi connectivity index (χ0) is 25.2. The number of likely N-dealkylation sites (N-methyl/N-ethyl adjacent to an activating group) is 1. The highest BCUT2D eigenvalue weighted by Crippen LogP contribution is 2.35. The van der Waals surface area contributed by atoms with Crippen LogP contribution < -0.4 is 10.1 Å². The minimum absolute atomic E-state index is 0.183. The Balaban J connectivity index is 1.70. The fourth-order valence-corrected chi connectivity index (χ4v) is 5.04. The van der Waals surface area contributed by atoms with Crippen LogP contribution in [-0.4, -0.2) is 56.0 Å². The number of carbonyl (C=O) groups is 1. The molecular formula is C28H31FN4O2. The number of nitriles is 1. The second-order valence-electron chi connectivity index (χ2n) is 9.38. The molecule has 1 heterocycles. The number of fused-ring (bicyclic) bond motifs is 1. The lowest BCUT2D eigenvalue weighted by atomic mass is 9.88. The summed E-state index contributed by atoms with van der Waals surface area (Å²) in [5, 5.41) is 14.6. The van der Waals surface area contributed by atoms with E-state index in [1.54, 1.807) is 18.2 Å². The molecule has 2 atom stereocenters. The Bertz CT molecular complexity index is 1270. The van der Waals surface area contributed by atoms with Crippen LogP contribution in [0.5, 0.6) is 5.75 Å². The van der Waals surface area contributed by atoms with Crippen molar-refractivity contribution in [2.24, 2.45) is 0 Å². The molecule has 182 valence electrons. The minimum Gasteiger partial charge on any atom is -0.495 e. The topological polar surface area (TPSA) is 68.6 Å². The molecule has 1 aliphatic rings. The largest absolute Gasteiger partial charge is 0.495 e. The van der Waals surface area contributed by atoms with Gasteiger partial charge in [0.25, 0.3) is 0 Å². The third kappa shape index (κ3) is 4.60. The molecule has 1 amide bonds. The van der Waals surface area contributed by atoms with Gasteiger partial charge in [-0.2, -0.15) is 5.26 Å². The monoisotopic (exact) mass is 474 g/mol. The van der Waals surface area contributed by atoms with E-state index in [1.807, 2.05) is 45.3 Å². The highest BCUT2D eigenvalue weighted by molar-refractivity contribution is 5.91. The average molecular weight is 475 g/mol. The molecule has 0 bridgehead atoms. The van der Waals surface area contributed by atoms with Gasteiger partial charge in [-0.05, 0) is 62.0 Å². The number of nitrogens with zero attached hydrogens (tertiary/aromatic N) is 3. The maximum atomic E-state index is 13.9. The first kappa shape index (κ1) is 24.6. The van der Waals surface area contributed by atoms with Gasteiger partial charge < -0.3 is 15.0 Å². The van der Waals surface area contributed by atoms with Crippen LogP contribution in [-0.2, 0) is 16.9 Å². The number of ether oxygens (including phenoxy) is 1. The van der Waals surface area contributed by atoms with Crippen molar-refractivity contribution in [3.63, 3.8) is 0 Å². The van der Waals surface area contributed by atoms with Gasteiger partial charge in [-0.15, -0.1) is 0 Å². The summed E-state index contributed by atoms with van der Waals surface area (Å²) in [5.41, 5.74) is 0.919. The third-order valence-corrected chi connectivity index (χ3v) is 7.23. The number of carbonyl (C=O) groups excluding carboxylic acids is 1. The Morgan fingerprint density at radius 2 is 1.97 bits per heavy atom. The van der Waals surface area contributed by atoms with Crippen LogP contribution in [0.4, 0.5) is 4.39 Å². The summed E-state index contributed by atoms with van der Waals surface area (Å²) < 4.78 is 19.3. The summed E-state index contributed by atoms with van der Waals surface area (Å²) in [6, 6.07) is 18.2. The van der Waals surface area contributed by atoms with E-state index >= 15 is 0 Å². The van der Waals surface area contributed by atoms with Crippen molar-refractivity contribution in [2.45, 2.75) is 31.5 Å². The summed E-state index contributed by atoms with van der Waals surface area (Å²) in [5.74, 6) is -0.0607. The van der Waals surface area contributed by atoms with Crippen LogP contribution in [0.2, 0.25) is 0 Å². The molecule has 0 radical (unpaired) electrons. The van der Waals surface area contributed by atoms with E-state index in [4.69, 9.17) is 4.74 Å². The van der Waals surface area contributed by atoms with Gasteiger partial charge in [0, 0.05) is 31.2 Å². The smallest absolute Gasteiger partial charge is 0.245 e. The van der Waals surface area contributed by atoms with Crippen LogP contribution in [0.1, 0.15) is 30.0 Å². The normalized spacial score (nSPS) is 17.8.